The zero-order valence-corrected chi connectivity index (χ0v) is 8.30. The number of quaternary nitrogens is 1. The van der Waals surface area contributed by atoms with Crippen molar-refractivity contribution >= 4 is 0 Å². The molecule has 3 nitrogen and oxygen atoms in total. The summed E-state index contributed by atoms with van der Waals surface area (Å²) in [6.07, 6.45) is 0.459. The number of nitrogens with two attached hydrogens (primary N) is 1. The van der Waals surface area contributed by atoms with Gasteiger partial charge in [-0.2, -0.15) is 0 Å². The minimum absolute atomic E-state index is 0. The van der Waals surface area contributed by atoms with Gasteiger partial charge in [-0.3, -0.25) is 0 Å². The van der Waals surface area contributed by atoms with Crippen molar-refractivity contribution in [3.05, 3.63) is 0 Å². The summed E-state index contributed by atoms with van der Waals surface area (Å²) in [5.74, 6) is 0. The molecule has 70 valence electrons. The number of aliphatic hydroxyl groups is 1. The first-order valence-electron chi connectivity index (χ1n) is 3.64. The van der Waals surface area contributed by atoms with Gasteiger partial charge in [-0.1, -0.05) is 0 Å². The molecule has 0 amide bonds. The predicted molar refractivity (Wildman–Crippen MR) is 42.6 cm³/mol. The molecule has 0 aliphatic heterocycles. The van der Waals surface area contributed by atoms with Crippen LogP contribution in [-0.2, 0) is 0 Å². The van der Waals surface area contributed by atoms with Crippen LogP contribution in [0.3, 0.4) is 0 Å². The fraction of sp³-hybridized carbons (Fsp3) is 1.00. The smallest absolute Gasteiger partial charge is 0.104 e. The first-order chi connectivity index (χ1) is 4.45. The monoisotopic (exact) mass is 182 g/mol. The van der Waals surface area contributed by atoms with Crippen LogP contribution < -0.4 is 18.1 Å². The van der Waals surface area contributed by atoms with Gasteiger partial charge in [-0.25, -0.2) is 0 Å². The first kappa shape index (κ1) is 13.7. The van der Waals surface area contributed by atoms with E-state index >= 15 is 0 Å². The Morgan fingerprint density at radius 1 is 1.36 bits per heavy atom. The van der Waals surface area contributed by atoms with E-state index in [0.29, 0.717) is 13.0 Å². The van der Waals surface area contributed by atoms with E-state index in [-0.39, 0.29) is 18.5 Å². The maximum atomic E-state index is 9.29. The van der Waals surface area contributed by atoms with E-state index in [1.807, 2.05) is 0 Å². The summed E-state index contributed by atoms with van der Waals surface area (Å²) >= 11 is 0. The van der Waals surface area contributed by atoms with Gasteiger partial charge in [0.1, 0.15) is 12.6 Å². The van der Waals surface area contributed by atoms with Gasteiger partial charge in [-0.15, -0.1) is 0 Å². The molecule has 0 saturated carbocycles. The first-order valence-corrected chi connectivity index (χ1v) is 3.64. The van der Waals surface area contributed by atoms with Gasteiger partial charge in [0.2, 0.25) is 0 Å². The Morgan fingerprint density at radius 3 is 2.09 bits per heavy atom. The number of hydrogen-bond donors (Lipinski definition) is 2. The van der Waals surface area contributed by atoms with Crippen molar-refractivity contribution in [2.45, 2.75) is 12.5 Å². The van der Waals surface area contributed by atoms with Crippen LogP contribution in [-0.4, -0.2) is 49.9 Å². The Hall–Kier alpha value is 0.170. The maximum absolute atomic E-state index is 9.29. The van der Waals surface area contributed by atoms with Crippen molar-refractivity contribution in [1.29, 1.82) is 0 Å². The van der Waals surface area contributed by atoms with E-state index in [2.05, 4.69) is 21.1 Å². The van der Waals surface area contributed by atoms with Gasteiger partial charge in [0.25, 0.3) is 0 Å². The van der Waals surface area contributed by atoms with E-state index in [1.165, 1.54) is 0 Å². The summed E-state index contributed by atoms with van der Waals surface area (Å²) in [6, 6.07) is 0. The second-order valence-corrected chi connectivity index (χ2v) is 3.70. The third kappa shape index (κ3) is 10.2. The Bertz CT molecular complexity index is 92.9. The quantitative estimate of drug-likeness (QED) is 0.442. The Kier molecular flexibility index (Phi) is 7.21. The molecule has 0 aromatic rings. The Morgan fingerprint density at radius 2 is 1.82 bits per heavy atom. The second kappa shape index (κ2) is 5.77. The third-order valence-electron chi connectivity index (χ3n) is 1.26. The minimum atomic E-state index is -0.245. The lowest BCUT2D eigenvalue weighted by Gasteiger charge is -2.26. The van der Waals surface area contributed by atoms with E-state index < -0.39 is 0 Å². The molecule has 0 aromatic carbocycles. The standard InChI is InChI=1S/C7H19N2O.ClH/c1-9(2,3)6-7(10)4-5-8;/h7,10H,4-6,8H2,1-3H3;1H/q+1;/p-1/t7-;/m0./s1. The van der Waals surface area contributed by atoms with Crippen LogP contribution in [0, 0.1) is 0 Å². The molecule has 0 unspecified atom stereocenters. The lowest BCUT2D eigenvalue weighted by atomic mass is 10.2. The van der Waals surface area contributed by atoms with Crippen LogP contribution in [0.25, 0.3) is 0 Å². The highest BCUT2D eigenvalue weighted by Crippen LogP contribution is 1.97. The minimum Gasteiger partial charge on any atom is -1.00 e. The highest BCUT2D eigenvalue weighted by atomic mass is 35.5. The van der Waals surface area contributed by atoms with Crippen LogP contribution in [0.1, 0.15) is 6.42 Å². The third-order valence-corrected chi connectivity index (χ3v) is 1.26. The zero-order valence-electron chi connectivity index (χ0n) is 7.55. The summed E-state index contributed by atoms with van der Waals surface area (Å²) in [7, 11) is 6.17. The molecule has 0 heterocycles. The molecular weight excluding hydrogens is 164 g/mol. The average molecular weight is 183 g/mol. The van der Waals surface area contributed by atoms with Crippen LogP contribution in [0.5, 0.6) is 0 Å². The second-order valence-electron chi connectivity index (χ2n) is 3.70. The largest absolute Gasteiger partial charge is 1.00 e. The highest BCUT2D eigenvalue weighted by Gasteiger charge is 2.13. The number of rotatable bonds is 4. The predicted octanol–water partition coefficient (Wildman–Crippen LogP) is -3.59. The van der Waals surface area contributed by atoms with Gasteiger partial charge in [0.05, 0.1) is 21.1 Å². The van der Waals surface area contributed by atoms with Gasteiger partial charge >= 0.3 is 0 Å². The molecule has 0 aliphatic carbocycles. The fourth-order valence-corrected chi connectivity index (χ4v) is 0.916. The zero-order chi connectivity index (χ0) is 8.20. The van der Waals surface area contributed by atoms with Crippen LogP contribution in [0.15, 0.2) is 0 Å². The van der Waals surface area contributed by atoms with Crippen LogP contribution in [0.4, 0.5) is 0 Å². The van der Waals surface area contributed by atoms with Crippen LogP contribution in [0.2, 0.25) is 0 Å². The molecule has 0 radical (unpaired) electrons. The molecule has 0 aliphatic rings. The lowest BCUT2D eigenvalue weighted by Crippen LogP contribution is -3.00. The highest BCUT2D eigenvalue weighted by molar-refractivity contribution is 4.52. The topological polar surface area (TPSA) is 46.2 Å². The lowest BCUT2D eigenvalue weighted by molar-refractivity contribution is -0.873. The van der Waals surface area contributed by atoms with E-state index in [1.54, 1.807) is 0 Å². The van der Waals surface area contributed by atoms with E-state index in [0.717, 1.165) is 11.0 Å². The Labute approximate surface area is 75.2 Å². The SMILES string of the molecule is C[N+](C)(C)C[C@@H](O)CCN.[Cl-]. The molecule has 0 fully saturated rings. The van der Waals surface area contributed by atoms with Crippen LogP contribution >= 0.6 is 0 Å². The van der Waals surface area contributed by atoms with Crippen molar-refractivity contribution in [3.8, 4) is 0 Å². The number of nitrogens with zero attached hydrogens (tertiary/aromatic N) is 1. The van der Waals surface area contributed by atoms with Crippen molar-refractivity contribution in [2.75, 3.05) is 34.2 Å². The molecule has 0 aromatic heterocycles. The number of hydrogen-bond acceptors (Lipinski definition) is 2. The van der Waals surface area contributed by atoms with E-state index in [9.17, 15) is 5.11 Å². The molecule has 4 heteroatoms. The summed E-state index contributed by atoms with van der Waals surface area (Å²) < 4.78 is 0.793. The molecule has 0 saturated heterocycles. The summed E-state index contributed by atoms with van der Waals surface area (Å²) in [5.41, 5.74) is 5.28. The maximum Gasteiger partial charge on any atom is 0.104 e. The summed E-state index contributed by atoms with van der Waals surface area (Å²) in [4.78, 5) is 0. The fourth-order valence-electron chi connectivity index (χ4n) is 0.916. The Balaban J connectivity index is 0. The van der Waals surface area contributed by atoms with Gasteiger partial charge in [0, 0.05) is 0 Å². The van der Waals surface area contributed by atoms with Crippen molar-refractivity contribution in [1.82, 2.24) is 0 Å². The van der Waals surface area contributed by atoms with Crippen molar-refractivity contribution < 1.29 is 22.0 Å². The molecule has 0 rings (SSSR count). The average Bonchev–Trinajstić information content (AvgIpc) is 1.59. The number of likely N-dealkylation sites (N-methyl/N-ethyl adjacent to an activating group) is 1. The molecule has 3 N–H and O–H groups in total. The van der Waals surface area contributed by atoms with Gasteiger partial charge in [0.15, 0.2) is 0 Å². The molecule has 0 spiro atoms. The number of aliphatic hydroxyl groups excluding tert-OH is 1. The molecule has 0 bridgehead atoms. The van der Waals surface area contributed by atoms with Crippen molar-refractivity contribution in [2.24, 2.45) is 5.73 Å². The van der Waals surface area contributed by atoms with E-state index in [4.69, 9.17) is 5.73 Å². The van der Waals surface area contributed by atoms with Crippen molar-refractivity contribution in [3.63, 3.8) is 0 Å². The molecular formula is C7H19ClN2O. The number of halogens is 1. The molecule has 1 atom stereocenters. The summed E-state index contributed by atoms with van der Waals surface area (Å²) in [5, 5.41) is 9.29. The van der Waals surface area contributed by atoms with Gasteiger partial charge in [-0.05, 0) is 13.0 Å². The van der Waals surface area contributed by atoms with Gasteiger partial charge < -0.3 is 27.7 Å². The summed E-state index contributed by atoms with van der Waals surface area (Å²) in [6.45, 7) is 1.35. The molecule has 11 heavy (non-hydrogen) atoms. The normalized spacial score (nSPS) is 13.9.